The van der Waals surface area contributed by atoms with Crippen LogP contribution in [0.5, 0.6) is 0 Å². The number of hydrogen-bond acceptors (Lipinski definition) is 4. The molecule has 1 aromatic rings. The van der Waals surface area contributed by atoms with Crippen molar-refractivity contribution in [3.8, 4) is 6.07 Å². The monoisotopic (exact) mass is 148 g/mol. The number of nitrogen functional groups attached to an aromatic ring is 2. The second-order valence-corrected chi connectivity index (χ2v) is 2.06. The van der Waals surface area contributed by atoms with Crippen molar-refractivity contribution in [2.24, 2.45) is 5.84 Å². The van der Waals surface area contributed by atoms with Gasteiger partial charge in [0.05, 0.1) is 11.3 Å². The van der Waals surface area contributed by atoms with Gasteiger partial charge in [0.25, 0.3) is 0 Å². The highest BCUT2D eigenvalue weighted by molar-refractivity contribution is 5.62. The lowest BCUT2D eigenvalue weighted by molar-refractivity contribution is 1.33. The van der Waals surface area contributed by atoms with Gasteiger partial charge in [0.1, 0.15) is 6.07 Å². The highest BCUT2D eigenvalue weighted by Crippen LogP contribution is 2.15. The number of rotatable bonds is 1. The van der Waals surface area contributed by atoms with E-state index in [0.717, 1.165) is 0 Å². The molecular weight excluding hydrogens is 140 g/mol. The third-order valence-electron chi connectivity index (χ3n) is 1.32. The second-order valence-electron chi connectivity index (χ2n) is 2.06. The molecule has 1 rings (SSSR count). The van der Waals surface area contributed by atoms with E-state index in [9.17, 15) is 0 Å². The van der Waals surface area contributed by atoms with Crippen LogP contribution in [0.2, 0.25) is 0 Å². The molecule has 0 atom stereocenters. The Hall–Kier alpha value is -1.73. The minimum Gasteiger partial charge on any atom is -0.399 e. The van der Waals surface area contributed by atoms with Crippen LogP contribution in [0.15, 0.2) is 18.2 Å². The van der Waals surface area contributed by atoms with Crippen LogP contribution in [0.4, 0.5) is 11.4 Å². The van der Waals surface area contributed by atoms with Crippen molar-refractivity contribution < 1.29 is 0 Å². The first-order valence-corrected chi connectivity index (χ1v) is 3.04. The number of nitrogens with one attached hydrogen (secondary N) is 1. The van der Waals surface area contributed by atoms with Gasteiger partial charge in [-0.1, -0.05) is 0 Å². The van der Waals surface area contributed by atoms with E-state index in [0.29, 0.717) is 16.9 Å². The topological polar surface area (TPSA) is 87.9 Å². The quantitative estimate of drug-likeness (QED) is 0.306. The first kappa shape index (κ1) is 7.38. The fraction of sp³-hybridized carbons (Fsp3) is 0. The summed E-state index contributed by atoms with van der Waals surface area (Å²) in [7, 11) is 0. The predicted octanol–water partition coefficient (Wildman–Crippen LogP) is 0.426. The van der Waals surface area contributed by atoms with Crippen molar-refractivity contribution in [1.82, 2.24) is 0 Å². The van der Waals surface area contributed by atoms with E-state index in [2.05, 4.69) is 5.43 Å². The summed E-state index contributed by atoms with van der Waals surface area (Å²) in [6, 6.07) is 6.87. The van der Waals surface area contributed by atoms with E-state index >= 15 is 0 Å². The lowest BCUT2D eigenvalue weighted by atomic mass is 10.2. The first-order valence-electron chi connectivity index (χ1n) is 3.04. The summed E-state index contributed by atoms with van der Waals surface area (Å²) in [4.78, 5) is 0. The van der Waals surface area contributed by atoms with Crippen LogP contribution in [0.1, 0.15) is 5.56 Å². The summed E-state index contributed by atoms with van der Waals surface area (Å²) in [6.07, 6.45) is 0. The zero-order valence-corrected chi connectivity index (χ0v) is 5.83. The molecule has 0 heterocycles. The first-order chi connectivity index (χ1) is 5.27. The van der Waals surface area contributed by atoms with E-state index in [1.54, 1.807) is 18.2 Å². The number of nitriles is 1. The minimum atomic E-state index is 0.451. The van der Waals surface area contributed by atoms with Gasteiger partial charge in [0.15, 0.2) is 0 Å². The number of anilines is 2. The summed E-state index contributed by atoms with van der Waals surface area (Å²) < 4.78 is 0. The average Bonchev–Trinajstić information content (AvgIpc) is 2.04. The maximum absolute atomic E-state index is 8.57. The number of benzene rings is 1. The van der Waals surface area contributed by atoms with Crippen LogP contribution in [0.3, 0.4) is 0 Å². The van der Waals surface area contributed by atoms with Gasteiger partial charge in [-0.05, 0) is 18.2 Å². The molecule has 0 spiro atoms. The largest absolute Gasteiger partial charge is 0.399 e. The maximum Gasteiger partial charge on any atom is 0.101 e. The zero-order chi connectivity index (χ0) is 8.27. The number of hydrogen-bond donors (Lipinski definition) is 3. The molecule has 56 valence electrons. The van der Waals surface area contributed by atoms with Gasteiger partial charge in [0.2, 0.25) is 0 Å². The van der Waals surface area contributed by atoms with Crippen molar-refractivity contribution >= 4 is 11.4 Å². The Labute approximate surface area is 64.4 Å². The Morgan fingerprint density at radius 2 is 2.18 bits per heavy atom. The van der Waals surface area contributed by atoms with Gasteiger partial charge >= 0.3 is 0 Å². The van der Waals surface area contributed by atoms with Crippen LogP contribution in [-0.4, -0.2) is 0 Å². The predicted molar refractivity (Wildman–Crippen MR) is 43.4 cm³/mol. The zero-order valence-electron chi connectivity index (χ0n) is 5.83. The normalized spacial score (nSPS) is 8.73. The summed E-state index contributed by atoms with van der Waals surface area (Å²) in [5.74, 6) is 5.13. The summed E-state index contributed by atoms with van der Waals surface area (Å²) in [6.45, 7) is 0. The Kier molecular flexibility index (Phi) is 1.95. The van der Waals surface area contributed by atoms with E-state index in [4.69, 9.17) is 16.8 Å². The third kappa shape index (κ3) is 1.39. The molecule has 0 unspecified atom stereocenters. The van der Waals surface area contributed by atoms with Crippen molar-refractivity contribution in [2.75, 3.05) is 11.2 Å². The van der Waals surface area contributed by atoms with Crippen molar-refractivity contribution in [3.63, 3.8) is 0 Å². The highest BCUT2D eigenvalue weighted by atomic mass is 15.2. The van der Waals surface area contributed by atoms with Crippen molar-refractivity contribution in [3.05, 3.63) is 23.8 Å². The summed E-state index contributed by atoms with van der Waals surface area (Å²) >= 11 is 0. The molecule has 0 saturated heterocycles. The fourth-order valence-corrected chi connectivity index (χ4v) is 0.780. The standard InChI is InChI=1S/C7H8N4/c8-4-5-3-6(9)1-2-7(5)11-10/h1-3,11H,9-10H2. The van der Waals surface area contributed by atoms with Crippen molar-refractivity contribution in [2.45, 2.75) is 0 Å². The number of nitrogens with zero attached hydrogens (tertiary/aromatic N) is 1. The molecule has 4 heteroatoms. The fourth-order valence-electron chi connectivity index (χ4n) is 0.780. The molecule has 11 heavy (non-hydrogen) atoms. The van der Waals surface area contributed by atoms with Crippen LogP contribution in [-0.2, 0) is 0 Å². The Balaban J connectivity index is 3.19. The van der Waals surface area contributed by atoms with E-state index in [1.807, 2.05) is 6.07 Å². The molecular formula is C7H8N4. The van der Waals surface area contributed by atoms with Crippen LogP contribution in [0.25, 0.3) is 0 Å². The molecule has 0 aromatic heterocycles. The van der Waals surface area contributed by atoms with Gasteiger partial charge in [-0.3, -0.25) is 5.84 Å². The lowest BCUT2D eigenvalue weighted by Gasteiger charge is -2.01. The molecule has 0 fully saturated rings. The summed E-state index contributed by atoms with van der Waals surface area (Å²) in [5, 5.41) is 8.57. The Bertz CT molecular complexity index is 300. The van der Waals surface area contributed by atoms with Crippen molar-refractivity contribution in [1.29, 1.82) is 5.26 Å². The smallest absolute Gasteiger partial charge is 0.101 e. The number of hydrazine groups is 1. The summed E-state index contributed by atoms with van der Waals surface area (Å²) in [5.41, 5.74) is 9.43. The molecule has 0 saturated carbocycles. The van der Waals surface area contributed by atoms with Gasteiger partial charge in [-0.15, -0.1) is 0 Å². The van der Waals surface area contributed by atoms with Gasteiger partial charge < -0.3 is 11.2 Å². The van der Waals surface area contributed by atoms with Crippen LogP contribution >= 0.6 is 0 Å². The molecule has 0 amide bonds. The molecule has 0 aliphatic heterocycles. The van der Waals surface area contributed by atoms with E-state index < -0.39 is 0 Å². The van der Waals surface area contributed by atoms with E-state index in [1.165, 1.54) is 0 Å². The van der Waals surface area contributed by atoms with Gasteiger partial charge in [-0.25, -0.2) is 0 Å². The minimum absolute atomic E-state index is 0.451. The van der Waals surface area contributed by atoms with Gasteiger partial charge in [0, 0.05) is 5.69 Å². The molecule has 0 bridgehead atoms. The van der Waals surface area contributed by atoms with Crippen LogP contribution in [0, 0.1) is 11.3 Å². The highest BCUT2D eigenvalue weighted by Gasteiger charge is 1.98. The van der Waals surface area contributed by atoms with Gasteiger partial charge in [-0.2, -0.15) is 5.26 Å². The lowest BCUT2D eigenvalue weighted by Crippen LogP contribution is -2.08. The Morgan fingerprint density at radius 3 is 2.73 bits per heavy atom. The number of nitrogens with two attached hydrogens (primary N) is 2. The van der Waals surface area contributed by atoms with Crippen LogP contribution < -0.4 is 17.0 Å². The average molecular weight is 148 g/mol. The molecule has 0 radical (unpaired) electrons. The van der Waals surface area contributed by atoms with E-state index in [-0.39, 0.29) is 0 Å². The molecule has 0 aliphatic carbocycles. The molecule has 5 N–H and O–H groups in total. The SMILES string of the molecule is N#Cc1cc(N)ccc1NN. The molecule has 0 aliphatic rings. The molecule has 4 nitrogen and oxygen atoms in total. The molecule has 1 aromatic carbocycles. The maximum atomic E-state index is 8.57. The second kappa shape index (κ2) is 2.90. The Morgan fingerprint density at radius 1 is 1.45 bits per heavy atom. The third-order valence-corrected chi connectivity index (χ3v) is 1.32.